The topological polar surface area (TPSA) is 49.5 Å². The minimum absolute atomic E-state index is 0.351. The van der Waals surface area contributed by atoms with Crippen LogP contribution in [0.2, 0.25) is 0 Å². The fourth-order valence-corrected chi connectivity index (χ4v) is 2.03. The van der Waals surface area contributed by atoms with Crippen molar-refractivity contribution in [2.75, 3.05) is 26.2 Å². The van der Waals surface area contributed by atoms with Gasteiger partial charge in [-0.05, 0) is 37.8 Å². The van der Waals surface area contributed by atoms with E-state index in [9.17, 15) is 5.11 Å². The molecule has 3 N–H and O–H groups in total. The van der Waals surface area contributed by atoms with Crippen LogP contribution in [0.15, 0.2) is 0 Å². The van der Waals surface area contributed by atoms with Crippen LogP contribution in [0.5, 0.6) is 0 Å². The van der Waals surface area contributed by atoms with Gasteiger partial charge in [-0.2, -0.15) is 0 Å². The summed E-state index contributed by atoms with van der Waals surface area (Å²) in [5, 5.41) is 9.47. The van der Waals surface area contributed by atoms with Gasteiger partial charge in [0.25, 0.3) is 0 Å². The summed E-state index contributed by atoms with van der Waals surface area (Å²) in [6, 6.07) is 0. The van der Waals surface area contributed by atoms with Crippen LogP contribution in [-0.2, 0) is 0 Å². The molecule has 0 bridgehead atoms. The first-order chi connectivity index (χ1) is 6.53. The SMILES string of the molecule is CC1(C)CCCN(C[C@@H](O)CN)CC1. The fourth-order valence-electron chi connectivity index (χ4n) is 2.03. The number of hydrogen-bond donors (Lipinski definition) is 2. The van der Waals surface area contributed by atoms with Gasteiger partial charge >= 0.3 is 0 Å². The van der Waals surface area contributed by atoms with E-state index in [0.717, 1.165) is 19.6 Å². The van der Waals surface area contributed by atoms with E-state index in [0.29, 0.717) is 12.0 Å². The van der Waals surface area contributed by atoms with Crippen LogP contribution in [0.4, 0.5) is 0 Å². The highest BCUT2D eigenvalue weighted by molar-refractivity contribution is 4.77. The number of aliphatic hydroxyl groups is 1. The summed E-state index contributed by atoms with van der Waals surface area (Å²) >= 11 is 0. The lowest BCUT2D eigenvalue weighted by atomic mass is 9.85. The molecule has 1 heterocycles. The second-order valence-corrected chi connectivity index (χ2v) is 5.21. The second-order valence-electron chi connectivity index (χ2n) is 5.21. The van der Waals surface area contributed by atoms with Gasteiger partial charge in [-0.3, -0.25) is 0 Å². The summed E-state index contributed by atoms with van der Waals surface area (Å²) in [7, 11) is 0. The van der Waals surface area contributed by atoms with Crippen LogP contribution >= 0.6 is 0 Å². The molecule has 1 fully saturated rings. The number of β-amino-alcohol motifs (C(OH)–C–C–N with tert-alkyl or cyclic N) is 1. The zero-order chi connectivity index (χ0) is 10.6. The number of likely N-dealkylation sites (tertiary alicyclic amines) is 1. The van der Waals surface area contributed by atoms with Crippen LogP contribution in [0.3, 0.4) is 0 Å². The Morgan fingerprint density at radius 1 is 1.36 bits per heavy atom. The maximum absolute atomic E-state index is 9.47. The van der Waals surface area contributed by atoms with Crippen molar-refractivity contribution in [1.29, 1.82) is 0 Å². The van der Waals surface area contributed by atoms with Gasteiger partial charge in [-0.25, -0.2) is 0 Å². The minimum atomic E-state index is -0.351. The first kappa shape index (κ1) is 12.0. The zero-order valence-electron chi connectivity index (χ0n) is 9.50. The molecule has 0 radical (unpaired) electrons. The molecular weight excluding hydrogens is 176 g/mol. The third-order valence-electron chi connectivity index (χ3n) is 3.17. The molecule has 1 aliphatic rings. The highest BCUT2D eigenvalue weighted by Crippen LogP contribution is 2.29. The van der Waals surface area contributed by atoms with Gasteiger partial charge in [0.1, 0.15) is 0 Å². The van der Waals surface area contributed by atoms with Gasteiger partial charge in [-0.1, -0.05) is 13.8 Å². The summed E-state index contributed by atoms with van der Waals surface area (Å²) in [6.07, 6.45) is 3.41. The van der Waals surface area contributed by atoms with E-state index in [1.54, 1.807) is 0 Å². The Morgan fingerprint density at radius 3 is 2.71 bits per heavy atom. The van der Waals surface area contributed by atoms with E-state index in [-0.39, 0.29) is 6.10 Å². The summed E-state index contributed by atoms with van der Waals surface area (Å²) in [5.41, 5.74) is 5.88. The molecule has 0 spiro atoms. The van der Waals surface area contributed by atoms with Crippen molar-refractivity contribution in [3.05, 3.63) is 0 Å². The average Bonchev–Trinajstić information content (AvgIpc) is 2.28. The summed E-state index contributed by atoms with van der Waals surface area (Å²) in [6.45, 7) is 7.99. The third-order valence-corrected chi connectivity index (χ3v) is 3.17. The highest BCUT2D eigenvalue weighted by Gasteiger charge is 2.23. The summed E-state index contributed by atoms with van der Waals surface area (Å²) in [4.78, 5) is 2.34. The van der Waals surface area contributed by atoms with Crippen molar-refractivity contribution in [2.24, 2.45) is 11.1 Å². The molecule has 1 rings (SSSR count). The molecule has 0 saturated carbocycles. The standard InChI is InChI=1S/C11H24N2O/c1-11(2)4-3-6-13(7-5-11)9-10(14)8-12/h10,14H,3-9,12H2,1-2H3/t10-/m0/s1. The normalized spacial score (nSPS) is 25.7. The van der Waals surface area contributed by atoms with Gasteiger partial charge < -0.3 is 15.7 Å². The molecule has 0 unspecified atom stereocenters. The zero-order valence-corrected chi connectivity index (χ0v) is 9.50. The summed E-state index contributed by atoms with van der Waals surface area (Å²) in [5.74, 6) is 0. The van der Waals surface area contributed by atoms with E-state index in [1.165, 1.54) is 19.3 Å². The van der Waals surface area contributed by atoms with Crippen molar-refractivity contribution < 1.29 is 5.11 Å². The molecule has 84 valence electrons. The van der Waals surface area contributed by atoms with E-state index in [4.69, 9.17) is 5.73 Å². The van der Waals surface area contributed by atoms with Crippen LogP contribution in [0.1, 0.15) is 33.1 Å². The molecule has 0 aliphatic carbocycles. The average molecular weight is 200 g/mol. The maximum Gasteiger partial charge on any atom is 0.0789 e. The Morgan fingerprint density at radius 2 is 2.07 bits per heavy atom. The van der Waals surface area contributed by atoms with Crippen LogP contribution < -0.4 is 5.73 Å². The van der Waals surface area contributed by atoms with Gasteiger partial charge in [0, 0.05) is 13.1 Å². The largest absolute Gasteiger partial charge is 0.390 e. The molecule has 14 heavy (non-hydrogen) atoms. The molecule has 0 amide bonds. The highest BCUT2D eigenvalue weighted by atomic mass is 16.3. The Kier molecular flexibility index (Phi) is 4.35. The Hall–Kier alpha value is -0.120. The lowest BCUT2D eigenvalue weighted by Gasteiger charge is -2.24. The molecular formula is C11H24N2O. The molecule has 3 heteroatoms. The number of rotatable bonds is 3. The molecule has 1 atom stereocenters. The third kappa shape index (κ3) is 3.95. The van der Waals surface area contributed by atoms with Crippen molar-refractivity contribution >= 4 is 0 Å². The van der Waals surface area contributed by atoms with E-state index in [1.807, 2.05) is 0 Å². The number of aliphatic hydroxyl groups excluding tert-OH is 1. The van der Waals surface area contributed by atoms with Gasteiger partial charge in [-0.15, -0.1) is 0 Å². The van der Waals surface area contributed by atoms with Crippen molar-refractivity contribution in [2.45, 2.75) is 39.2 Å². The van der Waals surface area contributed by atoms with Crippen molar-refractivity contribution in [3.63, 3.8) is 0 Å². The maximum atomic E-state index is 9.47. The lowest BCUT2D eigenvalue weighted by Crippen LogP contribution is -2.37. The van der Waals surface area contributed by atoms with Crippen LogP contribution in [-0.4, -0.2) is 42.3 Å². The predicted molar refractivity (Wildman–Crippen MR) is 59.1 cm³/mol. The number of nitrogens with zero attached hydrogens (tertiary/aromatic N) is 1. The quantitative estimate of drug-likeness (QED) is 0.709. The van der Waals surface area contributed by atoms with E-state index < -0.39 is 0 Å². The molecule has 0 aromatic heterocycles. The monoisotopic (exact) mass is 200 g/mol. The molecule has 1 aliphatic heterocycles. The Labute approximate surface area is 87.3 Å². The van der Waals surface area contributed by atoms with Gasteiger partial charge in [0.05, 0.1) is 6.10 Å². The first-order valence-corrected chi connectivity index (χ1v) is 5.64. The predicted octanol–water partition coefficient (Wildman–Crippen LogP) is 0.818. The molecule has 3 nitrogen and oxygen atoms in total. The van der Waals surface area contributed by atoms with Gasteiger partial charge in [0.15, 0.2) is 0 Å². The molecule has 1 saturated heterocycles. The van der Waals surface area contributed by atoms with Gasteiger partial charge in [0.2, 0.25) is 0 Å². The van der Waals surface area contributed by atoms with E-state index >= 15 is 0 Å². The van der Waals surface area contributed by atoms with Crippen LogP contribution in [0, 0.1) is 5.41 Å². The Balaban J connectivity index is 2.35. The second kappa shape index (κ2) is 5.10. The fraction of sp³-hybridized carbons (Fsp3) is 1.00. The minimum Gasteiger partial charge on any atom is -0.390 e. The van der Waals surface area contributed by atoms with Crippen LogP contribution in [0.25, 0.3) is 0 Å². The first-order valence-electron chi connectivity index (χ1n) is 5.64. The number of hydrogen-bond acceptors (Lipinski definition) is 3. The summed E-state index contributed by atoms with van der Waals surface area (Å²) < 4.78 is 0. The number of nitrogens with two attached hydrogens (primary N) is 1. The molecule has 0 aromatic rings. The van der Waals surface area contributed by atoms with E-state index in [2.05, 4.69) is 18.7 Å². The van der Waals surface area contributed by atoms with Crippen molar-refractivity contribution in [3.8, 4) is 0 Å². The van der Waals surface area contributed by atoms with Crippen molar-refractivity contribution in [1.82, 2.24) is 4.90 Å². The molecule has 0 aromatic carbocycles. The Bertz CT molecular complexity index is 171. The smallest absolute Gasteiger partial charge is 0.0789 e. The lowest BCUT2D eigenvalue weighted by molar-refractivity contribution is 0.118.